The largest absolute Gasteiger partial charge is 0.503 e. The van der Waals surface area contributed by atoms with Crippen LogP contribution in [0.5, 0.6) is 11.5 Å². The second-order valence-electron chi connectivity index (χ2n) is 11.6. The molecule has 0 radical (unpaired) electrons. The first-order valence-corrected chi connectivity index (χ1v) is 16.5. The number of hydrogen-bond acceptors (Lipinski definition) is 6. The number of methoxy groups -OCH3 is 1. The van der Waals surface area contributed by atoms with Gasteiger partial charge in [0, 0.05) is 14.9 Å². The molecule has 11 heteroatoms. The summed E-state index contributed by atoms with van der Waals surface area (Å²) in [6.45, 7) is 0. The molecule has 4 amide bonds. The minimum absolute atomic E-state index is 0.0788. The molecule has 44 heavy (non-hydrogen) atoms. The van der Waals surface area contributed by atoms with E-state index in [1.807, 2.05) is 6.08 Å². The predicted octanol–water partition coefficient (Wildman–Crippen LogP) is 6.73. The van der Waals surface area contributed by atoms with Gasteiger partial charge < -0.3 is 9.84 Å². The predicted molar refractivity (Wildman–Crippen MR) is 173 cm³/mol. The van der Waals surface area contributed by atoms with E-state index in [4.69, 9.17) is 4.74 Å². The number of phenolic OH excluding ortho intramolecular Hbond substituents is 1. The maximum Gasteiger partial charge on any atom is 0.238 e. The SMILES string of the molecule is COc1cc(C2C3=CCC4C(=O)N(c5ccc(Br)cc5)C(=O)C4C3CC3C(=O)N(c4ccc(Br)cc4)C(=O)C32)cc(Br)c1O. The Morgan fingerprint density at radius 1 is 0.727 bits per heavy atom. The van der Waals surface area contributed by atoms with Gasteiger partial charge in [-0.2, -0.15) is 0 Å². The molecule has 224 valence electrons. The van der Waals surface area contributed by atoms with E-state index in [1.165, 1.54) is 16.9 Å². The molecule has 6 unspecified atom stereocenters. The molecule has 7 rings (SSSR count). The highest BCUT2D eigenvalue weighted by molar-refractivity contribution is 9.11. The lowest BCUT2D eigenvalue weighted by Crippen LogP contribution is -2.43. The molecule has 0 spiro atoms. The summed E-state index contributed by atoms with van der Waals surface area (Å²) in [5.41, 5.74) is 2.52. The molecule has 4 aliphatic rings. The Bertz CT molecular complexity index is 1770. The molecule has 2 aliphatic carbocycles. The van der Waals surface area contributed by atoms with E-state index in [0.29, 0.717) is 27.8 Å². The molecular weight excluding hydrogens is 760 g/mol. The van der Waals surface area contributed by atoms with Crippen molar-refractivity contribution in [2.45, 2.75) is 18.8 Å². The van der Waals surface area contributed by atoms with Crippen LogP contribution < -0.4 is 14.5 Å². The van der Waals surface area contributed by atoms with Gasteiger partial charge >= 0.3 is 0 Å². The minimum atomic E-state index is -0.735. The maximum atomic E-state index is 14.2. The Balaban J connectivity index is 1.35. The second kappa shape index (κ2) is 11.0. The zero-order valence-electron chi connectivity index (χ0n) is 23.2. The third kappa shape index (κ3) is 4.41. The fourth-order valence-corrected chi connectivity index (χ4v) is 8.57. The second-order valence-corrected chi connectivity index (χ2v) is 14.2. The van der Waals surface area contributed by atoms with Gasteiger partial charge in [0.05, 0.1) is 46.6 Å². The normalized spacial score (nSPS) is 27.7. The molecule has 1 saturated carbocycles. The average molecular weight is 785 g/mol. The summed E-state index contributed by atoms with van der Waals surface area (Å²) in [7, 11) is 1.45. The number of rotatable bonds is 4. The third-order valence-corrected chi connectivity index (χ3v) is 11.1. The third-order valence-electron chi connectivity index (χ3n) is 9.45. The zero-order chi connectivity index (χ0) is 31.0. The Kier molecular flexibility index (Phi) is 7.33. The van der Waals surface area contributed by atoms with Crippen LogP contribution in [0.15, 0.2) is 85.7 Å². The van der Waals surface area contributed by atoms with Gasteiger partial charge in [0.15, 0.2) is 11.5 Å². The van der Waals surface area contributed by atoms with E-state index in [9.17, 15) is 24.3 Å². The van der Waals surface area contributed by atoms with Gasteiger partial charge in [-0.1, -0.05) is 43.5 Å². The monoisotopic (exact) mass is 782 g/mol. The Morgan fingerprint density at radius 3 is 1.84 bits per heavy atom. The number of fused-ring (bicyclic) bond motifs is 4. The molecule has 8 nitrogen and oxygen atoms in total. The molecule has 2 aliphatic heterocycles. The van der Waals surface area contributed by atoms with Gasteiger partial charge in [0.25, 0.3) is 0 Å². The van der Waals surface area contributed by atoms with E-state index in [0.717, 1.165) is 14.5 Å². The van der Waals surface area contributed by atoms with Crippen molar-refractivity contribution in [1.29, 1.82) is 0 Å². The Hall–Kier alpha value is -3.28. The van der Waals surface area contributed by atoms with Gasteiger partial charge in [-0.05, 0) is 101 Å². The molecule has 0 aromatic heterocycles. The number of benzene rings is 3. The number of nitrogens with zero attached hydrogens (tertiary/aromatic N) is 2. The summed E-state index contributed by atoms with van der Waals surface area (Å²) in [6, 6.07) is 17.5. The van der Waals surface area contributed by atoms with Crippen LogP contribution >= 0.6 is 47.8 Å². The van der Waals surface area contributed by atoms with Crippen LogP contribution in [0.25, 0.3) is 0 Å². The minimum Gasteiger partial charge on any atom is -0.503 e. The first-order valence-electron chi connectivity index (χ1n) is 14.1. The maximum absolute atomic E-state index is 14.2. The lowest BCUT2D eigenvalue weighted by atomic mass is 9.57. The van der Waals surface area contributed by atoms with Crippen LogP contribution in [0.1, 0.15) is 24.3 Å². The van der Waals surface area contributed by atoms with Crippen molar-refractivity contribution in [2.75, 3.05) is 16.9 Å². The Labute approximate surface area is 278 Å². The van der Waals surface area contributed by atoms with Crippen molar-refractivity contribution < 1.29 is 29.0 Å². The highest BCUT2D eigenvalue weighted by Gasteiger charge is 2.62. The number of imide groups is 2. The van der Waals surface area contributed by atoms with Crippen LogP contribution in [-0.2, 0) is 19.2 Å². The summed E-state index contributed by atoms with van der Waals surface area (Å²) in [6.07, 6.45) is 2.61. The number of aromatic hydroxyl groups is 1. The van der Waals surface area contributed by atoms with Crippen molar-refractivity contribution in [1.82, 2.24) is 0 Å². The average Bonchev–Trinajstić information content (AvgIpc) is 3.42. The van der Waals surface area contributed by atoms with Gasteiger partial charge in [0.1, 0.15) is 0 Å². The van der Waals surface area contributed by atoms with Crippen LogP contribution in [-0.4, -0.2) is 35.8 Å². The topological polar surface area (TPSA) is 104 Å². The summed E-state index contributed by atoms with van der Waals surface area (Å²) >= 11 is 10.3. The number of halogens is 3. The van der Waals surface area contributed by atoms with Crippen molar-refractivity contribution >= 4 is 82.8 Å². The lowest BCUT2D eigenvalue weighted by Gasteiger charge is -2.44. The van der Waals surface area contributed by atoms with Crippen LogP contribution in [0, 0.1) is 29.6 Å². The first kappa shape index (κ1) is 29.4. The van der Waals surface area contributed by atoms with Gasteiger partial charge in [-0.25, -0.2) is 0 Å². The molecular formula is C33H25Br3N2O6. The summed E-state index contributed by atoms with van der Waals surface area (Å²) in [5.74, 6) is -4.72. The van der Waals surface area contributed by atoms with Gasteiger partial charge in [-0.3, -0.25) is 29.0 Å². The number of hydrogen-bond donors (Lipinski definition) is 1. The van der Waals surface area contributed by atoms with Crippen molar-refractivity contribution in [3.05, 3.63) is 91.3 Å². The highest BCUT2D eigenvalue weighted by atomic mass is 79.9. The molecule has 3 fully saturated rings. The number of phenols is 1. The lowest BCUT2D eigenvalue weighted by molar-refractivity contribution is -0.126. The molecule has 1 N–H and O–H groups in total. The standard InChI is InChI=1S/C33H25Br3N2O6/c1-44-25-13-15(12-24(36)29(25)39)26-20-10-11-21-27(32(42)37(30(21)40)18-6-2-16(34)3-7-18)22(20)14-23-28(26)33(43)38(31(23)41)19-8-4-17(35)5-9-19/h2-10,12-13,21-23,26-28,39H,11,14H2,1H3. The van der Waals surface area contributed by atoms with Crippen molar-refractivity contribution in [2.24, 2.45) is 29.6 Å². The van der Waals surface area contributed by atoms with Gasteiger partial charge in [-0.15, -0.1) is 0 Å². The number of amides is 4. The molecule has 0 bridgehead atoms. The summed E-state index contributed by atoms with van der Waals surface area (Å²) < 4.78 is 7.49. The number of allylic oxidation sites excluding steroid dienone is 2. The molecule has 6 atom stereocenters. The zero-order valence-corrected chi connectivity index (χ0v) is 28.0. The highest BCUT2D eigenvalue weighted by Crippen LogP contribution is 2.59. The number of ether oxygens (including phenoxy) is 1. The first-order chi connectivity index (χ1) is 21.1. The Morgan fingerprint density at radius 2 is 1.27 bits per heavy atom. The number of carbonyl (C=O) groups excluding carboxylic acids is 4. The fraction of sp³-hybridized carbons (Fsp3) is 0.273. The summed E-state index contributed by atoms with van der Waals surface area (Å²) in [4.78, 5) is 58.7. The van der Waals surface area contributed by atoms with Crippen molar-refractivity contribution in [3.8, 4) is 11.5 Å². The van der Waals surface area contributed by atoms with E-state index in [1.54, 1.807) is 60.7 Å². The van der Waals surface area contributed by atoms with Crippen LogP contribution in [0.2, 0.25) is 0 Å². The number of anilines is 2. The molecule has 3 aromatic rings. The van der Waals surface area contributed by atoms with E-state index in [2.05, 4.69) is 47.8 Å². The quantitative estimate of drug-likeness (QED) is 0.233. The van der Waals surface area contributed by atoms with Gasteiger partial charge in [0.2, 0.25) is 23.6 Å². The smallest absolute Gasteiger partial charge is 0.238 e. The van der Waals surface area contributed by atoms with E-state index >= 15 is 0 Å². The van der Waals surface area contributed by atoms with E-state index < -0.39 is 35.5 Å². The molecule has 3 aromatic carbocycles. The fourth-order valence-electron chi connectivity index (χ4n) is 7.58. The summed E-state index contributed by atoms with van der Waals surface area (Å²) in [5, 5.41) is 10.6. The van der Waals surface area contributed by atoms with Crippen LogP contribution in [0.3, 0.4) is 0 Å². The molecule has 2 saturated heterocycles. The molecule has 2 heterocycles. The number of carbonyl (C=O) groups is 4. The van der Waals surface area contributed by atoms with Crippen LogP contribution in [0.4, 0.5) is 11.4 Å². The van der Waals surface area contributed by atoms with Crippen molar-refractivity contribution in [3.63, 3.8) is 0 Å². The van der Waals surface area contributed by atoms with E-state index in [-0.39, 0.29) is 41.5 Å².